The van der Waals surface area contributed by atoms with Crippen LogP contribution in [-0.2, 0) is 14.3 Å². The molecule has 0 aromatic heterocycles. The first kappa shape index (κ1) is 10.6. The minimum atomic E-state index is -0.0224. The van der Waals surface area contributed by atoms with Crippen LogP contribution in [0.4, 0.5) is 0 Å². The van der Waals surface area contributed by atoms with Gasteiger partial charge in [-0.3, -0.25) is 9.59 Å². The summed E-state index contributed by atoms with van der Waals surface area (Å²) in [5, 5.41) is 0. The van der Waals surface area contributed by atoms with Crippen molar-refractivity contribution in [2.45, 2.75) is 12.8 Å². The number of carbonyl (C=O) groups excluding carboxylic acids is 2. The fourth-order valence-electron chi connectivity index (χ4n) is 2.05. The Labute approximate surface area is 89.2 Å². The van der Waals surface area contributed by atoms with Gasteiger partial charge in [-0.05, 0) is 0 Å². The molecule has 2 fully saturated rings. The molecule has 5 heteroatoms. The van der Waals surface area contributed by atoms with Gasteiger partial charge in [-0.25, -0.2) is 4.90 Å². The maximum atomic E-state index is 11.5. The van der Waals surface area contributed by atoms with Crippen molar-refractivity contribution in [3.8, 4) is 0 Å². The van der Waals surface area contributed by atoms with E-state index in [0.717, 1.165) is 17.6 Å². The summed E-state index contributed by atoms with van der Waals surface area (Å²) in [4.78, 5) is 24.3. The second-order valence-electron chi connectivity index (χ2n) is 4.54. The zero-order chi connectivity index (χ0) is 10.9. The van der Waals surface area contributed by atoms with E-state index >= 15 is 0 Å². The third-order valence-electron chi connectivity index (χ3n) is 3.19. The number of morpholine rings is 1. The number of likely N-dealkylation sites (tertiary alicyclic amines) is 1. The summed E-state index contributed by atoms with van der Waals surface area (Å²) < 4.78 is 6.01. The lowest BCUT2D eigenvalue weighted by atomic mass is 10.3. The lowest BCUT2D eigenvalue weighted by molar-refractivity contribution is -0.923. The van der Waals surface area contributed by atoms with Gasteiger partial charge in [0.1, 0.15) is 13.1 Å². The Kier molecular flexibility index (Phi) is 2.75. The van der Waals surface area contributed by atoms with Gasteiger partial charge in [0.15, 0.2) is 6.67 Å². The zero-order valence-corrected chi connectivity index (χ0v) is 9.07. The number of carbonyl (C=O) groups is 2. The molecule has 2 heterocycles. The van der Waals surface area contributed by atoms with Gasteiger partial charge in [-0.2, -0.15) is 0 Å². The highest BCUT2D eigenvalue weighted by Crippen LogP contribution is 2.16. The minimum Gasteiger partial charge on any atom is -0.370 e. The highest BCUT2D eigenvalue weighted by atomic mass is 16.5. The maximum Gasteiger partial charge on any atom is 0.234 e. The van der Waals surface area contributed by atoms with Crippen LogP contribution in [0, 0.1) is 0 Å². The molecule has 84 valence electrons. The molecule has 2 aliphatic rings. The first-order valence-electron chi connectivity index (χ1n) is 5.35. The van der Waals surface area contributed by atoms with Crippen molar-refractivity contribution in [2.75, 3.05) is 40.0 Å². The Hall–Kier alpha value is -0.940. The molecule has 0 spiro atoms. The third kappa shape index (κ3) is 2.18. The van der Waals surface area contributed by atoms with Gasteiger partial charge in [0, 0.05) is 12.8 Å². The second kappa shape index (κ2) is 3.90. The van der Waals surface area contributed by atoms with Gasteiger partial charge >= 0.3 is 0 Å². The summed E-state index contributed by atoms with van der Waals surface area (Å²) in [6.45, 7) is 3.69. The standard InChI is InChI=1S/C10H17N2O3/c1-12(4-6-15-7-5-12)8-11-9(13)2-3-10(11)14/h2-8H2,1H3/q+1. The van der Waals surface area contributed by atoms with E-state index < -0.39 is 0 Å². The molecule has 0 atom stereocenters. The van der Waals surface area contributed by atoms with E-state index in [2.05, 4.69) is 7.05 Å². The van der Waals surface area contributed by atoms with Gasteiger partial charge < -0.3 is 9.22 Å². The van der Waals surface area contributed by atoms with Crippen LogP contribution in [-0.4, -0.2) is 61.2 Å². The van der Waals surface area contributed by atoms with E-state index in [1.807, 2.05) is 0 Å². The monoisotopic (exact) mass is 213 g/mol. The van der Waals surface area contributed by atoms with Crippen molar-refractivity contribution in [2.24, 2.45) is 0 Å². The van der Waals surface area contributed by atoms with Gasteiger partial charge in [-0.15, -0.1) is 0 Å². The summed E-state index contributed by atoms with van der Waals surface area (Å²) in [5.74, 6) is -0.0447. The molecule has 0 aromatic carbocycles. The lowest BCUT2D eigenvalue weighted by Gasteiger charge is -2.39. The molecule has 0 bridgehead atoms. The molecule has 15 heavy (non-hydrogen) atoms. The minimum absolute atomic E-state index is 0.0224. The van der Waals surface area contributed by atoms with Crippen LogP contribution in [0.5, 0.6) is 0 Å². The number of likely N-dealkylation sites (N-methyl/N-ethyl adjacent to an activating group) is 1. The van der Waals surface area contributed by atoms with E-state index in [1.54, 1.807) is 0 Å². The van der Waals surface area contributed by atoms with Crippen molar-refractivity contribution in [1.82, 2.24) is 4.90 Å². The SMILES string of the molecule is C[N+]1(CN2C(=O)CCC2=O)CCOCC1. The Bertz CT molecular complexity index is 268. The molecule has 0 N–H and O–H groups in total. The summed E-state index contributed by atoms with van der Waals surface area (Å²) in [6, 6.07) is 0. The molecule has 0 aromatic rings. The van der Waals surface area contributed by atoms with Crippen LogP contribution in [0.25, 0.3) is 0 Å². The summed E-state index contributed by atoms with van der Waals surface area (Å²) in [6.07, 6.45) is 0.769. The molecular weight excluding hydrogens is 196 g/mol. The van der Waals surface area contributed by atoms with Crippen LogP contribution >= 0.6 is 0 Å². The smallest absolute Gasteiger partial charge is 0.234 e. The highest BCUT2D eigenvalue weighted by molar-refractivity contribution is 6.01. The van der Waals surface area contributed by atoms with E-state index in [-0.39, 0.29) is 11.8 Å². The topological polar surface area (TPSA) is 46.6 Å². The Balaban J connectivity index is 2.00. The number of nitrogens with zero attached hydrogens (tertiary/aromatic N) is 2. The van der Waals surface area contributed by atoms with Crippen LogP contribution in [0.1, 0.15) is 12.8 Å². The van der Waals surface area contributed by atoms with Crippen LogP contribution < -0.4 is 0 Å². The average Bonchev–Trinajstić information content (AvgIpc) is 2.50. The van der Waals surface area contributed by atoms with Crippen molar-refractivity contribution < 1.29 is 18.8 Å². The normalized spacial score (nSPS) is 26.1. The van der Waals surface area contributed by atoms with E-state index in [4.69, 9.17) is 4.74 Å². The van der Waals surface area contributed by atoms with Gasteiger partial charge in [0.25, 0.3) is 0 Å². The summed E-state index contributed by atoms with van der Waals surface area (Å²) in [5.41, 5.74) is 0. The predicted octanol–water partition coefficient (Wildman–Crippen LogP) is -0.430. The Morgan fingerprint density at radius 3 is 2.27 bits per heavy atom. The first-order chi connectivity index (χ1) is 7.11. The fraction of sp³-hybridized carbons (Fsp3) is 0.800. The largest absolute Gasteiger partial charge is 0.370 e. The number of amides is 2. The number of hydrogen-bond acceptors (Lipinski definition) is 3. The lowest BCUT2D eigenvalue weighted by Crippen LogP contribution is -2.57. The van der Waals surface area contributed by atoms with E-state index in [1.165, 1.54) is 4.90 Å². The zero-order valence-electron chi connectivity index (χ0n) is 9.07. The van der Waals surface area contributed by atoms with Crippen LogP contribution in [0.3, 0.4) is 0 Å². The van der Waals surface area contributed by atoms with Crippen LogP contribution in [0.2, 0.25) is 0 Å². The number of ether oxygens (including phenoxy) is 1. The van der Waals surface area contributed by atoms with Gasteiger partial charge in [0.2, 0.25) is 11.8 Å². The van der Waals surface area contributed by atoms with Crippen molar-refractivity contribution >= 4 is 11.8 Å². The molecule has 2 saturated heterocycles. The Morgan fingerprint density at radius 1 is 1.20 bits per heavy atom. The molecule has 2 amide bonds. The number of hydrogen-bond donors (Lipinski definition) is 0. The van der Waals surface area contributed by atoms with Crippen molar-refractivity contribution in [3.63, 3.8) is 0 Å². The quantitative estimate of drug-likeness (QED) is 0.462. The third-order valence-corrected chi connectivity index (χ3v) is 3.19. The number of quaternary nitrogens is 1. The van der Waals surface area contributed by atoms with Crippen LogP contribution in [0.15, 0.2) is 0 Å². The molecule has 2 rings (SSSR count). The number of rotatable bonds is 2. The summed E-state index contributed by atoms with van der Waals surface area (Å²) in [7, 11) is 2.07. The molecule has 0 aliphatic carbocycles. The van der Waals surface area contributed by atoms with Crippen molar-refractivity contribution in [1.29, 1.82) is 0 Å². The van der Waals surface area contributed by atoms with E-state index in [0.29, 0.717) is 32.7 Å². The molecule has 5 nitrogen and oxygen atoms in total. The van der Waals surface area contributed by atoms with Gasteiger partial charge in [0.05, 0.1) is 20.3 Å². The average molecular weight is 213 g/mol. The molecule has 0 saturated carbocycles. The van der Waals surface area contributed by atoms with Gasteiger partial charge in [-0.1, -0.05) is 0 Å². The fourth-order valence-corrected chi connectivity index (χ4v) is 2.05. The van der Waals surface area contributed by atoms with Crippen molar-refractivity contribution in [3.05, 3.63) is 0 Å². The predicted molar refractivity (Wildman–Crippen MR) is 52.7 cm³/mol. The summed E-state index contributed by atoms with van der Waals surface area (Å²) >= 11 is 0. The van der Waals surface area contributed by atoms with E-state index in [9.17, 15) is 9.59 Å². The Morgan fingerprint density at radius 2 is 1.73 bits per heavy atom. The molecular formula is C10H17N2O3+. The number of imide groups is 1. The highest BCUT2D eigenvalue weighted by Gasteiger charge is 2.36. The maximum absolute atomic E-state index is 11.5. The second-order valence-corrected chi connectivity index (χ2v) is 4.54. The molecule has 0 radical (unpaired) electrons. The first-order valence-corrected chi connectivity index (χ1v) is 5.35. The molecule has 0 unspecified atom stereocenters. The molecule has 2 aliphatic heterocycles.